The van der Waals surface area contributed by atoms with Gasteiger partial charge in [0, 0.05) is 32.4 Å². The van der Waals surface area contributed by atoms with Crippen molar-refractivity contribution >= 4 is 11.6 Å². The fourth-order valence-corrected chi connectivity index (χ4v) is 3.11. The third-order valence-corrected chi connectivity index (χ3v) is 4.43. The van der Waals surface area contributed by atoms with Gasteiger partial charge in [0.15, 0.2) is 0 Å². The van der Waals surface area contributed by atoms with Crippen molar-refractivity contribution in [1.29, 1.82) is 0 Å². The van der Waals surface area contributed by atoms with E-state index in [9.17, 15) is 4.79 Å². The topological polar surface area (TPSA) is 44.4 Å². The molecule has 4 heteroatoms. The zero-order chi connectivity index (χ0) is 15.5. The van der Waals surface area contributed by atoms with Crippen molar-refractivity contribution in [1.82, 2.24) is 10.6 Å². The molecule has 2 N–H and O–H groups in total. The summed E-state index contributed by atoms with van der Waals surface area (Å²) < 4.78 is 0. The molecule has 1 amide bonds. The molecule has 1 aromatic carbocycles. The lowest BCUT2D eigenvalue weighted by atomic mass is 9.89. The molecule has 0 saturated carbocycles. The van der Waals surface area contributed by atoms with Crippen LogP contribution in [0.1, 0.15) is 31.4 Å². The molecule has 1 unspecified atom stereocenters. The fourth-order valence-electron chi connectivity index (χ4n) is 3.11. The number of amides is 1. The van der Waals surface area contributed by atoms with Gasteiger partial charge in [0.25, 0.3) is 0 Å². The molecular formula is C17H27N3O. The molecule has 0 spiro atoms. The summed E-state index contributed by atoms with van der Waals surface area (Å²) in [4.78, 5) is 14.4. The number of rotatable bonds is 5. The number of carbonyl (C=O) groups is 1. The van der Waals surface area contributed by atoms with Gasteiger partial charge in [-0.25, -0.2) is 0 Å². The van der Waals surface area contributed by atoms with Gasteiger partial charge in [-0.3, -0.25) is 4.79 Å². The van der Waals surface area contributed by atoms with Crippen LogP contribution in [0.15, 0.2) is 18.2 Å². The van der Waals surface area contributed by atoms with E-state index in [1.165, 1.54) is 16.8 Å². The van der Waals surface area contributed by atoms with Crippen molar-refractivity contribution in [3.63, 3.8) is 0 Å². The van der Waals surface area contributed by atoms with Crippen LogP contribution in [0.3, 0.4) is 0 Å². The number of hydrogen-bond donors (Lipinski definition) is 2. The first-order valence-electron chi connectivity index (χ1n) is 7.77. The normalized spacial score (nSPS) is 21.6. The predicted molar refractivity (Wildman–Crippen MR) is 87.6 cm³/mol. The number of hydrogen-bond acceptors (Lipinski definition) is 3. The summed E-state index contributed by atoms with van der Waals surface area (Å²) in [7, 11) is 1.72. The van der Waals surface area contributed by atoms with Crippen molar-refractivity contribution in [2.75, 3.05) is 31.6 Å². The molecule has 1 atom stereocenters. The second-order valence-corrected chi connectivity index (χ2v) is 6.21. The van der Waals surface area contributed by atoms with E-state index in [1.807, 2.05) is 0 Å². The van der Waals surface area contributed by atoms with Gasteiger partial charge in [-0.2, -0.15) is 0 Å². The lowest BCUT2D eigenvalue weighted by Crippen LogP contribution is -2.39. The van der Waals surface area contributed by atoms with Crippen LogP contribution in [-0.2, 0) is 11.3 Å². The molecule has 1 saturated heterocycles. The minimum atomic E-state index is -0.274. The maximum atomic E-state index is 12.0. The molecule has 1 heterocycles. The Morgan fingerprint density at radius 1 is 1.43 bits per heavy atom. The monoisotopic (exact) mass is 289 g/mol. The van der Waals surface area contributed by atoms with Crippen LogP contribution < -0.4 is 15.5 Å². The molecule has 116 valence electrons. The predicted octanol–water partition coefficient (Wildman–Crippen LogP) is 2.07. The molecule has 2 rings (SSSR count). The highest BCUT2D eigenvalue weighted by Gasteiger charge is 2.40. The highest BCUT2D eigenvalue weighted by molar-refractivity contribution is 5.83. The molecule has 0 aromatic heterocycles. The van der Waals surface area contributed by atoms with Gasteiger partial charge in [0.1, 0.15) is 0 Å². The van der Waals surface area contributed by atoms with Crippen molar-refractivity contribution in [2.45, 2.75) is 33.7 Å². The Labute approximate surface area is 127 Å². The Morgan fingerprint density at radius 3 is 2.81 bits per heavy atom. The minimum absolute atomic E-state index is 0.145. The third kappa shape index (κ3) is 3.38. The Kier molecular flexibility index (Phi) is 4.88. The summed E-state index contributed by atoms with van der Waals surface area (Å²) in [5, 5.41) is 6.14. The summed E-state index contributed by atoms with van der Waals surface area (Å²) in [5.41, 5.74) is 3.57. The maximum Gasteiger partial charge on any atom is 0.227 e. The first-order chi connectivity index (χ1) is 10.00. The summed E-state index contributed by atoms with van der Waals surface area (Å²) in [6.07, 6.45) is 0.908. The van der Waals surface area contributed by atoms with Gasteiger partial charge < -0.3 is 15.5 Å². The zero-order valence-corrected chi connectivity index (χ0v) is 13.6. The van der Waals surface area contributed by atoms with Crippen LogP contribution in [-0.4, -0.2) is 32.6 Å². The van der Waals surface area contributed by atoms with Crippen LogP contribution in [0.2, 0.25) is 0 Å². The summed E-state index contributed by atoms with van der Waals surface area (Å²) >= 11 is 0. The molecule has 0 radical (unpaired) electrons. The standard InChI is InChI=1S/C17H27N3O/c1-5-19-11-14-6-7-15(13(2)10-14)20-9-8-17(3,12-20)16(21)18-4/h6-7,10,19H,5,8-9,11-12H2,1-4H3,(H,18,21). The Hall–Kier alpha value is -1.55. The van der Waals surface area contributed by atoms with Crippen LogP contribution >= 0.6 is 0 Å². The van der Waals surface area contributed by atoms with Crippen LogP contribution in [0, 0.1) is 12.3 Å². The highest BCUT2D eigenvalue weighted by atomic mass is 16.2. The number of anilines is 1. The third-order valence-electron chi connectivity index (χ3n) is 4.43. The molecule has 1 aromatic rings. The SMILES string of the molecule is CCNCc1ccc(N2CCC(C)(C(=O)NC)C2)c(C)c1. The number of nitrogens with zero attached hydrogens (tertiary/aromatic N) is 1. The molecule has 0 bridgehead atoms. The van der Waals surface area contributed by atoms with E-state index in [1.54, 1.807) is 7.05 Å². The fraction of sp³-hybridized carbons (Fsp3) is 0.588. The lowest BCUT2D eigenvalue weighted by Gasteiger charge is -2.25. The van der Waals surface area contributed by atoms with Crippen molar-refractivity contribution in [3.8, 4) is 0 Å². The second kappa shape index (κ2) is 6.48. The van der Waals surface area contributed by atoms with E-state index in [0.29, 0.717) is 0 Å². The molecule has 1 fully saturated rings. The Bertz CT molecular complexity index is 515. The summed E-state index contributed by atoms with van der Waals surface area (Å²) in [5.74, 6) is 0.145. The highest BCUT2D eigenvalue weighted by Crippen LogP contribution is 2.34. The van der Waals surface area contributed by atoms with Crippen molar-refractivity contribution in [2.24, 2.45) is 5.41 Å². The molecule has 1 aliphatic rings. The van der Waals surface area contributed by atoms with E-state index in [0.717, 1.165) is 32.6 Å². The van der Waals surface area contributed by atoms with Gasteiger partial charge in [0.2, 0.25) is 5.91 Å². The van der Waals surface area contributed by atoms with E-state index >= 15 is 0 Å². The second-order valence-electron chi connectivity index (χ2n) is 6.21. The zero-order valence-electron chi connectivity index (χ0n) is 13.6. The minimum Gasteiger partial charge on any atom is -0.370 e. The Balaban J connectivity index is 2.11. The molecule has 21 heavy (non-hydrogen) atoms. The van der Waals surface area contributed by atoms with Gasteiger partial charge in [0.05, 0.1) is 5.41 Å². The largest absolute Gasteiger partial charge is 0.370 e. The van der Waals surface area contributed by atoms with E-state index < -0.39 is 0 Å². The number of carbonyl (C=O) groups excluding carboxylic acids is 1. The summed E-state index contributed by atoms with van der Waals surface area (Å²) in [6.45, 7) is 9.95. The lowest BCUT2D eigenvalue weighted by molar-refractivity contribution is -0.128. The maximum absolute atomic E-state index is 12.0. The average molecular weight is 289 g/mol. The molecule has 1 aliphatic heterocycles. The van der Waals surface area contributed by atoms with Gasteiger partial charge in [-0.1, -0.05) is 19.1 Å². The first-order valence-corrected chi connectivity index (χ1v) is 7.77. The van der Waals surface area contributed by atoms with Gasteiger partial charge in [-0.05, 0) is 44.0 Å². The number of nitrogens with one attached hydrogen (secondary N) is 2. The average Bonchev–Trinajstić information content (AvgIpc) is 2.87. The molecule has 0 aliphatic carbocycles. The van der Waals surface area contributed by atoms with E-state index in [-0.39, 0.29) is 11.3 Å². The Morgan fingerprint density at radius 2 is 2.19 bits per heavy atom. The van der Waals surface area contributed by atoms with Crippen LogP contribution in [0.4, 0.5) is 5.69 Å². The number of benzene rings is 1. The van der Waals surface area contributed by atoms with Crippen molar-refractivity contribution < 1.29 is 4.79 Å². The molecule has 4 nitrogen and oxygen atoms in total. The first kappa shape index (κ1) is 15.8. The molecular weight excluding hydrogens is 262 g/mol. The van der Waals surface area contributed by atoms with Gasteiger partial charge >= 0.3 is 0 Å². The van der Waals surface area contributed by atoms with Crippen LogP contribution in [0.25, 0.3) is 0 Å². The van der Waals surface area contributed by atoms with E-state index in [4.69, 9.17) is 0 Å². The number of aryl methyl sites for hydroxylation is 1. The van der Waals surface area contributed by atoms with E-state index in [2.05, 4.69) is 54.5 Å². The van der Waals surface area contributed by atoms with Gasteiger partial charge in [-0.15, -0.1) is 0 Å². The van der Waals surface area contributed by atoms with Crippen molar-refractivity contribution in [3.05, 3.63) is 29.3 Å². The quantitative estimate of drug-likeness (QED) is 0.872. The van der Waals surface area contributed by atoms with Crippen LogP contribution in [0.5, 0.6) is 0 Å². The summed E-state index contributed by atoms with van der Waals surface area (Å²) in [6, 6.07) is 6.62. The smallest absolute Gasteiger partial charge is 0.227 e.